The minimum absolute atomic E-state index is 0.309. The lowest BCUT2D eigenvalue weighted by molar-refractivity contribution is 0.236. The van der Waals surface area contributed by atoms with Gasteiger partial charge >= 0.3 is 0 Å². The maximum Gasteiger partial charge on any atom is 0.0496 e. The molecule has 0 spiro atoms. The molecule has 0 aliphatic rings. The lowest BCUT2D eigenvalue weighted by atomic mass is 9.94. The Morgan fingerprint density at radius 2 is 1.86 bits per heavy atom. The van der Waals surface area contributed by atoms with Gasteiger partial charge in [0.1, 0.15) is 0 Å². The third-order valence-electron chi connectivity index (χ3n) is 2.98. The predicted molar refractivity (Wildman–Crippen MR) is 63.4 cm³/mol. The summed E-state index contributed by atoms with van der Waals surface area (Å²) in [7, 11) is 0. The summed E-state index contributed by atoms with van der Waals surface area (Å²) >= 11 is 0. The second-order valence-electron chi connectivity index (χ2n) is 4.12. The van der Waals surface area contributed by atoms with Crippen LogP contribution in [0.15, 0.2) is 11.6 Å². The zero-order chi connectivity index (χ0) is 10.8. The lowest BCUT2D eigenvalue weighted by Gasteiger charge is -2.14. The molecule has 0 aromatic heterocycles. The molecule has 0 rings (SSSR count). The molecule has 0 amide bonds. The van der Waals surface area contributed by atoms with Crippen molar-refractivity contribution < 1.29 is 5.11 Å². The van der Waals surface area contributed by atoms with Crippen LogP contribution in [0.1, 0.15) is 59.3 Å². The highest BCUT2D eigenvalue weighted by molar-refractivity contribution is 5.01. The fourth-order valence-corrected chi connectivity index (χ4v) is 1.69. The second kappa shape index (κ2) is 9.26. The minimum Gasteiger partial charge on any atom is -0.396 e. The average Bonchev–Trinajstić information content (AvgIpc) is 2.22. The van der Waals surface area contributed by atoms with Gasteiger partial charge in [-0.05, 0) is 20.3 Å². The number of rotatable bonds is 8. The fourth-order valence-electron chi connectivity index (χ4n) is 1.69. The molecule has 0 bridgehead atoms. The van der Waals surface area contributed by atoms with Crippen molar-refractivity contribution in [2.45, 2.75) is 59.3 Å². The topological polar surface area (TPSA) is 20.2 Å². The van der Waals surface area contributed by atoms with E-state index < -0.39 is 0 Å². The third kappa shape index (κ3) is 6.20. The lowest BCUT2D eigenvalue weighted by Crippen LogP contribution is -2.07. The Bertz CT molecular complexity index is 149. The Balaban J connectivity index is 3.53. The van der Waals surface area contributed by atoms with Gasteiger partial charge in [0.2, 0.25) is 0 Å². The van der Waals surface area contributed by atoms with E-state index in [2.05, 4.69) is 26.8 Å². The first-order chi connectivity index (χ1) is 6.76. The maximum atomic E-state index is 9.19. The minimum atomic E-state index is 0.309. The monoisotopic (exact) mass is 198 g/mol. The number of aliphatic hydroxyl groups is 1. The smallest absolute Gasteiger partial charge is 0.0496 e. The van der Waals surface area contributed by atoms with Gasteiger partial charge in [-0.3, -0.25) is 0 Å². The van der Waals surface area contributed by atoms with Gasteiger partial charge < -0.3 is 5.11 Å². The van der Waals surface area contributed by atoms with Gasteiger partial charge in [-0.15, -0.1) is 0 Å². The summed E-state index contributed by atoms with van der Waals surface area (Å²) in [5.74, 6) is 0.404. The number of aliphatic hydroxyl groups excluding tert-OH is 1. The van der Waals surface area contributed by atoms with Crippen LogP contribution in [0.5, 0.6) is 0 Å². The summed E-state index contributed by atoms with van der Waals surface area (Å²) in [6.07, 6.45) is 9.86. The van der Waals surface area contributed by atoms with E-state index in [1.165, 1.54) is 37.7 Å². The van der Waals surface area contributed by atoms with E-state index in [-0.39, 0.29) is 0 Å². The van der Waals surface area contributed by atoms with Crippen molar-refractivity contribution in [1.82, 2.24) is 0 Å². The van der Waals surface area contributed by atoms with E-state index >= 15 is 0 Å². The Morgan fingerprint density at radius 1 is 1.21 bits per heavy atom. The van der Waals surface area contributed by atoms with Crippen LogP contribution >= 0.6 is 0 Å². The second-order valence-corrected chi connectivity index (χ2v) is 4.12. The van der Waals surface area contributed by atoms with Crippen molar-refractivity contribution in [2.24, 2.45) is 5.92 Å². The van der Waals surface area contributed by atoms with E-state index in [9.17, 15) is 5.11 Å². The number of hydrogen-bond acceptors (Lipinski definition) is 1. The quantitative estimate of drug-likeness (QED) is 0.463. The highest BCUT2D eigenvalue weighted by Gasteiger charge is 2.07. The van der Waals surface area contributed by atoms with Gasteiger partial charge in [-0.2, -0.15) is 0 Å². The molecule has 1 N–H and O–H groups in total. The Labute approximate surface area is 89.2 Å². The van der Waals surface area contributed by atoms with E-state index in [0.717, 1.165) is 6.42 Å². The van der Waals surface area contributed by atoms with Gasteiger partial charge in [0, 0.05) is 12.5 Å². The summed E-state index contributed by atoms with van der Waals surface area (Å²) in [6.45, 7) is 6.71. The standard InChI is InChI=1S/C13H26O/c1-4-6-7-8-9-10-13(11-14)12(3)5-2/h5,13-14H,4,6-11H2,1-3H3. The van der Waals surface area contributed by atoms with Crippen LogP contribution < -0.4 is 0 Å². The molecule has 84 valence electrons. The maximum absolute atomic E-state index is 9.19. The van der Waals surface area contributed by atoms with Crippen molar-refractivity contribution in [2.75, 3.05) is 6.61 Å². The van der Waals surface area contributed by atoms with Crippen LogP contribution in [0.25, 0.3) is 0 Å². The summed E-state index contributed by atoms with van der Waals surface area (Å²) in [4.78, 5) is 0. The van der Waals surface area contributed by atoms with Gasteiger partial charge in [0.25, 0.3) is 0 Å². The van der Waals surface area contributed by atoms with Crippen LogP contribution in [0.2, 0.25) is 0 Å². The van der Waals surface area contributed by atoms with E-state index in [1.54, 1.807) is 0 Å². The summed E-state index contributed by atoms with van der Waals surface area (Å²) in [5, 5.41) is 9.19. The Kier molecular flexibility index (Phi) is 9.06. The average molecular weight is 198 g/mol. The molecule has 0 saturated heterocycles. The number of allylic oxidation sites excluding steroid dienone is 1. The molecule has 1 atom stereocenters. The van der Waals surface area contributed by atoms with Crippen LogP contribution in [0.3, 0.4) is 0 Å². The van der Waals surface area contributed by atoms with Crippen molar-refractivity contribution in [3.8, 4) is 0 Å². The van der Waals surface area contributed by atoms with Crippen molar-refractivity contribution >= 4 is 0 Å². The molecule has 1 nitrogen and oxygen atoms in total. The first kappa shape index (κ1) is 13.7. The molecule has 0 fully saturated rings. The SMILES string of the molecule is CC=C(C)C(CO)CCCCCCC. The largest absolute Gasteiger partial charge is 0.396 e. The van der Waals surface area contributed by atoms with Crippen molar-refractivity contribution in [3.05, 3.63) is 11.6 Å². The van der Waals surface area contributed by atoms with E-state index in [1.807, 2.05) is 0 Å². The molecular formula is C13H26O. The molecule has 0 aromatic rings. The number of unbranched alkanes of at least 4 members (excludes halogenated alkanes) is 4. The first-order valence-corrected chi connectivity index (χ1v) is 5.99. The molecule has 0 aromatic carbocycles. The summed E-state index contributed by atoms with van der Waals surface area (Å²) < 4.78 is 0. The molecule has 1 heteroatoms. The zero-order valence-corrected chi connectivity index (χ0v) is 10.1. The van der Waals surface area contributed by atoms with Crippen LogP contribution in [0.4, 0.5) is 0 Å². The number of hydrogen-bond donors (Lipinski definition) is 1. The zero-order valence-electron chi connectivity index (χ0n) is 10.1. The fraction of sp³-hybridized carbons (Fsp3) is 0.846. The molecular weight excluding hydrogens is 172 g/mol. The molecule has 0 radical (unpaired) electrons. The van der Waals surface area contributed by atoms with E-state index in [4.69, 9.17) is 0 Å². The molecule has 1 unspecified atom stereocenters. The van der Waals surface area contributed by atoms with Gasteiger partial charge in [0.15, 0.2) is 0 Å². The molecule has 0 aliphatic heterocycles. The Morgan fingerprint density at radius 3 is 2.36 bits per heavy atom. The highest BCUT2D eigenvalue weighted by Crippen LogP contribution is 2.18. The third-order valence-corrected chi connectivity index (χ3v) is 2.98. The van der Waals surface area contributed by atoms with Gasteiger partial charge in [-0.1, -0.05) is 50.7 Å². The Hall–Kier alpha value is -0.300. The van der Waals surface area contributed by atoms with Gasteiger partial charge in [0.05, 0.1) is 0 Å². The normalized spacial score (nSPS) is 14.4. The molecule has 0 aliphatic carbocycles. The molecule has 14 heavy (non-hydrogen) atoms. The first-order valence-electron chi connectivity index (χ1n) is 5.99. The van der Waals surface area contributed by atoms with E-state index in [0.29, 0.717) is 12.5 Å². The van der Waals surface area contributed by atoms with Crippen LogP contribution in [-0.4, -0.2) is 11.7 Å². The van der Waals surface area contributed by atoms with Crippen LogP contribution in [0, 0.1) is 5.92 Å². The van der Waals surface area contributed by atoms with Crippen LogP contribution in [-0.2, 0) is 0 Å². The van der Waals surface area contributed by atoms with Gasteiger partial charge in [-0.25, -0.2) is 0 Å². The van der Waals surface area contributed by atoms with Crippen molar-refractivity contribution in [3.63, 3.8) is 0 Å². The summed E-state index contributed by atoms with van der Waals surface area (Å²) in [6, 6.07) is 0. The van der Waals surface area contributed by atoms with Crippen molar-refractivity contribution in [1.29, 1.82) is 0 Å². The predicted octanol–water partition coefficient (Wildman–Crippen LogP) is 3.92. The molecule has 0 saturated carbocycles. The highest BCUT2D eigenvalue weighted by atomic mass is 16.3. The molecule has 0 heterocycles. The summed E-state index contributed by atoms with van der Waals surface area (Å²) in [5.41, 5.74) is 1.34.